The van der Waals surface area contributed by atoms with Crippen molar-refractivity contribution in [2.24, 2.45) is 5.92 Å². The van der Waals surface area contributed by atoms with Crippen LogP contribution in [0.3, 0.4) is 0 Å². The molecule has 0 aliphatic carbocycles. The van der Waals surface area contributed by atoms with Gasteiger partial charge >= 0.3 is 0 Å². The van der Waals surface area contributed by atoms with E-state index in [9.17, 15) is 0 Å². The predicted molar refractivity (Wildman–Crippen MR) is 78.9 cm³/mol. The molecule has 2 N–H and O–H groups in total. The van der Waals surface area contributed by atoms with Gasteiger partial charge in [-0.3, -0.25) is 0 Å². The molecule has 0 amide bonds. The standard InChI is InChI=1S/C15H29N3/c1-7-8-12(6)13-14(16)18(9-10(2)3)15(17-13)11(4)5/h10-12H,7-9,16H2,1-6H3. The average molecular weight is 251 g/mol. The molecule has 0 aliphatic heterocycles. The lowest BCUT2D eigenvalue weighted by molar-refractivity contribution is 0.502. The minimum Gasteiger partial charge on any atom is -0.384 e. The van der Waals surface area contributed by atoms with Crippen molar-refractivity contribution in [3.05, 3.63) is 11.5 Å². The van der Waals surface area contributed by atoms with Crippen molar-refractivity contribution in [3.8, 4) is 0 Å². The molecule has 1 aromatic rings. The second-order valence-electron chi connectivity index (χ2n) is 6.09. The summed E-state index contributed by atoms with van der Waals surface area (Å²) in [6, 6.07) is 0. The number of aromatic nitrogens is 2. The lowest BCUT2D eigenvalue weighted by Gasteiger charge is -2.14. The fourth-order valence-electron chi connectivity index (χ4n) is 2.43. The minimum atomic E-state index is 0.425. The Kier molecular flexibility index (Phi) is 5.24. The number of hydrogen-bond acceptors (Lipinski definition) is 2. The van der Waals surface area contributed by atoms with E-state index in [1.807, 2.05) is 0 Å². The largest absolute Gasteiger partial charge is 0.384 e. The van der Waals surface area contributed by atoms with Crippen LogP contribution in [0.25, 0.3) is 0 Å². The number of imidazole rings is 1. The third kappa shape index (κ3) is 3.27. The summed E-state index contributed by atoms with van der Waals surface area (Å²) >= 11 is 0. The summed E-state index contributed by atoms with van der Waals surface area (Å²) in [6.07, 6.45) is 2.33. The predicted octanol–water partition coefficient (Wildman–Crippen LogP) is 4.15. The molecule has 1 aromatic heterocycles. The van der Waals surface area contributed by atoms with Gasteiger partial charge < -0.3 is 10.3 Å². The molecule has 0 fully saturated rings. The highest BCUT2D eigenvalue weighted by atomic mass is 15.1. The Labute approximate surface area is 112 Å². The highest BCUT2D eigenvalue weighted by Crippen LogP contribution is 2.29. The maximum atomic E-state index is 6.32. The normalized spacial score (nSPS) is 13.6. The monoisotopic (exact) mass is 251 g/mol. The van der Waals surface area contributed by atoms with Crippen LogP contribution >= 0.6 is 0 Å². The zero-order valence-corrected chi connectivity index (χ0v) is 12.8. The molecule has 1 rings (SSSR count). The van der Waals surface area contributed by atoms with Crippen LogP contribution in [0.15, 0.2) is 0 Å². The SMILES string of the molecule is CCCC(C)c1nc(C(C)C)n(CC(C)C)c1N. The molecule has 1 heterocycles. The third-order valence-electron chi connectivity index (χ3n) is 3.32. The number of nitrogen functional groups attached to an aromatic ring is 1. The molecular formula is C15H29N3. The zero-order chi connectivity index (χ0) is 13.9. The smallest absolute Gasteiger partial charge is 0.127 e. The van der Waals surface area contributed by atoms with Gasteiger partial charge in [-0.2, -0.15) is 0 Å². The van der Waals surface area contributed by atoms with Crippen LogP contribution in [-0.4, -0.2) is 9.55 Å². The van der Waals surface area contributed by atoms with Crippen LogP contribution in [0.5, 0.6) is 0 Å². The third-order valence-corrected chi connectivity index (χ3v) is 3.32. The van der Waals surface area contributed by atoms with Gasteiger partial charge in [-0.1, -0.05) is 48.0 Å². The number of hydrogen-bond donors (Lipinski definition) is 1. The van der Waals surface area contributed by atoms with Gasteiger partial charge in [0.15, 0.2) is 0 Å². The molecule has 3 nitrogen and oxygen atoms in total. The first-order chi connectivity index (χ1) is 8.38. The number of nitrogens with two attached hydrogens (primary N) is 1. The summed E-state index contributed by atoms with van der Waals surface area (Å²) in [5, 5.41) is 0. The fraction of sp³-hybridized carbons (Fsp3) is 0.800. The summed E-state index contributed by atoms with van der Waals surface area (Å²) < 4.78 is 2.22. The van der Waals surface area contributed by atoms with Crippen LogP contribution < -0.4 is 5.73 Å². The zero-order valence-electron chi connectivity index (χ0n) is 12.8. The van der Waals surface area contributed by atoms with Crippen molar-refractivity contribution < 1.29 is 0 Å². The van der Waals surface area contributed by atoms with E-state index in [1.54, 1.807) is 0 Å². The fourth-order valence-corrected chi connectivity index (χ4v) is 2.43. The molecular weight excluding hydrogens is 222 g/mol. The molecule has 3 heteroatoms. The highest BCUT2D eigenvalue weighted by Gasteiger charge is 2.20. The van der Waals surface area contributed by atoms with E-state index in [-0.39, 0.29) is 0 Å². The molecule has 0 aromatic carbocycles. The van der Waals surface area contributed by atoms with Crippen molar-refractivity contribution in [2.45, 2.75) is 72.8 Å². The van der Waals surface area contributed by atoms with Crippen molar-refractivity contribution >= 4 is 5.82 Å². The van der Waals surface area contributed by atoms with Gasteiger partial charge in [0, 0.05) is 18.4 Å². The Morgan fingerprint density at radius 2 is 1.78 bits per heavy atom. The van der Waals surface area contributed by atoms with Gasteiger partial charge in [0.2, 0.25) is 0 Å². The van der Waals surface area contributed by atoms with Gasteiger partial charge in [0.25, 0.3) is 0 Å². The maximum absolute atomic E-state index is 6.32. The highest BCUT2D eigenvalue weighted by molar-refractivity contribution is 5.41. The summed E-state index contributed by atoms with van der Waals surface area (Å²) in [4.78, 5) is 4.82. The van der Waals surface area contributed by atoms with Crippen molar-refractivity contribution in [3.63, 3.8) is 0 Å². The lowest BCUT2D eigenvalue weighted by atomic mass is 10.0. The Bertz CT molecular complexity index is 377. The molecule has 0 saturated heterocycles. The van der Waals surface area contributed by atoms with Gasteiger partial charge in [-0.05, 0) is 12.3 Å². The number of anilines is 1. The average Bonchev–Trinajstić information content (AvgIpc) is 2.56. The maximum Gasteiger partial charge on any atom is 0.127 e. The van der Waals surface area contributed by atoms with Gasteiger partial charge in [-0.25, -0.2) is 4.98 Å². The van der Waals surface area contributed by atoms with Crippen LogP contribution in [0.1, 0.15) is 77.7 Å². The van der Waals surface area contributed by atoms with E-state index in [0.717, 1.165) is 30.3 Å². The van der Waals surface area contributed by atoms with E-state index < -0.39 is 0 Å². The summed E-state index contributed by atoms with van der Waals surface area (Å²) in [5.74, 6) is 3.50. The van der Waals surface area contributed by atoms with Gasteiger partial charge in [0.1, 0.15) is 11.6 Å². The molecule has 0 radical (unpaired) electrons. The van der Waals surface area contributed by atoms with E-state index in [4.69, 9.17) is 10.7 Å². The molecule has 0 aliphatic rings. The van der Waals surface area contributed by atoms with E-state index >= 15 is 0 Å². The van der Waals surface area contributed by atoms with Gasteiger partial charge in [-0.15, -0.1) is 0 Å². The molecule has 1 atom stereocenters. The van der Waals surface area contributed by atoms with Crippen LogP contribution in [0.4, 0.5) is 5.82 Å². The second-order valence-corrected chi connectivity index (χ2v) is 6.09. The topological polar surface area (TPSA) is 43.8 Å². The van der Waals surface area contributed by atoms with Crippen molar-refractivity contribution in [1.82, 2.24) is 9.55 Å². The Balaban J connectivity index is 3.14. The van der Waals surface area contributed by atoms with Crippen molar-refractivity contribution in [2.75, 3.05) is 5.73 Å². The van der Waals surface area contributed by atoms with Gasteiger partial charge in [0.05, 0.1) is 5.69 Å². The van der Waals surface area contributed by atoms with Crippen LogP contribution in [0.2, 0.25) is 0 Å². The first-order valence-corrected chi connectivity index (χ1v) is 7.24. The molecule has 1 unspecified atom stereocenters. The summed E-state index contributed by atoms with van der Waals surface area (Å²) in [6.45, 7) is 14.2. The van der Waals surface area contributed by atoms with Crippen LogP contribution in [-0.2, 0) is 6.54 Å². The number of nitrogens with zero attached hydrogens (tertiary/aromatic N) is 2. The van der Waals surface area contributed by atoms with E-state index in [1.165, 1.54) is 6.42 Å². The Morgan fingerprint density at radius 3 is 2.22 bits per heavy atom. The minimum absolute atomic E-state index is 0.425. The summed E-state index contributed by atoms with van der Waals surface area (Å²) in [5.41, 5.74) is 7.42. The quantitative estimate of drug-likeness (QED) is 0.825. The number of rotatable bonds is 6. The van der Waals surface area contributed by atoms with E-state index in [0.29, 0.717) is 17.8 Å². The first-order valence-electron chi connectivity index (χ1n) is 7.24. The van der Waals surface area contributed by atoms with Crippen molar-refractivity contribution in [1.29, 1.82) is 0 Å². The molecule has 0 bridgehead atoms. The second kappa shape index (κ2) is 6.26. The molecule has 104 valence electrons. The molecule has 0 saturated carbocycles. The summed E-state index contributed by atoms with van der Waals surface area (Å²) in [7, 11) is 0. The lowest BCUT2D eigenvalue weighted by Crippen LogP contribution is -2.12. The molecule has 18 heavy (non-hydrogen) atoms. The van der Waals surface area contributed by atoms with Crippen LogP contribution in [0, 0.1) is 5.92 Å². The Hall–Kier alpha value is -0.990. The Morgan fingerprint density at radius 1 is 1.17 bits per heavy atom. The first kappa shape index (κ1) is 15.1. The molecule has 0 spiro atoms. The van der Waals surface area contributed by atoms with E-state index in [2.05, 4.69) is 46.1 Å².